The second kappa shape index (κ2) is 5.28. The molecule has 0 spiro atoms. The highest BCUT2D eigenvalue weighted by atomic mass is 19.1. The van der Waals surface area contributed by atoms with Gasteiger partial charge in [0.15, 0.2) is 0 Å². The van der Waals surface area contributed by atoms with Crippen LogP contribution in [0.3, 0.4) is 0 Å². The zero-order valence-corrected chi connectivity index (χ0v) is 9.45. The Bertz CT molecular complexity index is 603. The van der Waals surface area contributed by atoms with Gasteiger partial charge in [-0.1, -0.05) is 12.1 Å². The summed E-state index contributed by atoms with van der Waals surface area (Å²) in [5, 5.41) is 11.6. The van der Waals surface area contributed by atoms with Crippen LogP contribution in [-0.2, 0) is 6.54 Å². The molecule has 0 aliphatic carbocycles. The Morgan fingerprint density at radius 1 is 1.11 bits per heavy atom. The Kier molecular flexibility index (Phi) is 3.54. The Morgan fingerprint density at radius 3 is 2.67 bits per heavy atom. The van der Waals surface area contributed by atoms with Crippen molar-refractivity contribution in [1.82, 2.24) is 0 Å². The number of nitrogens with one attached hydrogen (secondary N) is 1. The monoisotopic (exact) mass is 244 g/mol. The molecule has 0 aromatic heterocycles. The third-order valence-electron chi connectivity index (χ3n) is 2.47. The van der Waals surface area contributed by atoms with Crippen molar-refractivity contribution in [3.63, 3.8) is 0 Å². The summed E-state index contributed by atoms with van der Waals surface area (Å²) in [4.78, 5) is 0. The van der Waals surface area contributed by atoms with E-state index in [0.29, 0.717) is 12.1 Å². The van der Waals surface area contributed by atoms with E-state index >= 15 is 0 Å². The molecule has 1 N–H and O–H groups in total. The first kappa shape index (κ1) is 12.1. The van der Waals surface area contributed by atoms with Gasteiger partial charge in [0.25, 0.3) is 0 Å². The third-order valence-corrected chi connectivity index (χ3v) is 2.47. The number of halogens is 2. The topological polar surface area (TPSA) is 35.8 Å². The Hall–Kier alpha value is -2.41. The molecule has 18 heavy (non-hydrogen) atoms. The molecule has 2 aromatic carbocycles. The van der Waals surface area contributed by atoms with Gasteiger partial charge >= 0.3 is 0 Å². The number of nitrogens with zero attached hydrogens (tertiary/aromatic N) is 1. The summed E-state index contributed by atoms with van der Waals surface area (Å²) in [7, 11) is 0. The average Bonchev–Trinajstić information content (AvgIpc) is 2.38. The minimum Gasteiger partial charge on any atom is -0.379 e. The van der Waals surface area contributed by atoms with Crippen molar-refractivity contribution in [2.24, 2.45) is 0 Å². The Balaban J connectivity index is 2.09. The standard InChI is InChI=1S/C14H10F2N2/c15-12-4-5-14(13(16)7-12)18-9-11-3-1-2-10(6-11)8-17/h1-7,18H,9H2. The van der Waals surface area contributed by atoms with Crippen molar-refractivity contribution in [2.75, 3.05) is 5.32 Å². The van der Waals surface area contributed by atoms with E-state index in [2.05, 4.69) is 5.32 Å². The van der Waals surface area contributed by atoms with Crippen LogP contribution in [0.1, 0.15) is 11.1 Å². The van der Waals surface area contributed by atoms with Crippen molar-refractivity contribution in [1.29, 1.82) is 5.26 Å². The van der Waals surface area contributed by atoms with Gasteiger partial charge in [0.05, 0.1) is 17.3 Å². The van der Waals surface area contributed by atoms with Crippen LogP contribution in [0.2, 0.25) is 0 Å². The molecule has 0 radical (unpaired) electrons. The van der Waals surface area contributed by atoms with E-state index in [-0.39, 0.29) is 5.69 Å². The van der Waals surface area contributed by atoms with Crippen molar-refractivity contribution in [3.8, 4) is 6.07 Å². The highest BCUT2D eigenvalue weighted by Gasteiger charge is 2.03. The van der Waals surface area contributed by atoms with Crippen LogP contribution in [0.15, 0.2) is 42.5 Å². The van der Waals surface area contributed by atoms with Gasteiger partial charge in [-0.3, -0.25) is 0 Å². The van der Waals surface area contributed by atoms with Gasteiger partial charge in [-0.05, 0) is 29.8 Å². The molecule has 4 heteroatoms. The Labute approximate surface area is 103 Å². The van der Waals surface area contributed by atoms with Crippen LogP contribution in [0.5, 0.6) is 0 Å². The van der Waals surface area contributed by atoms with Gasteiger partial charge in [0.1, 0.15) is 11.6 Å². The quantitative estimate of drug-likeness (QED) is 0.897. The molecule has 2 rings (SSSR count). The van der Waals surface area contributed by atoms with E-state index in [0.717, 1.165) is 11.6 Å². The summed E-state index contributed by atoms with van der Waals surface area (Å²) >= 11 is 0. The van der Waals surface area contributed by atoms with Gasteiger partial charge in [-0.2, -0.15) is 5.26 Å². The molecule has 0 fully saturated rings. The molecular weight excluding hydrogens is 234 g/mol. The lowest BCUT2D eigenvalue weighted by Crippen LogP contribution is -2.01. The van der Waals surface area contributed by atoms with Crippen LogP contribution in [-0.4, -0.2) is 0 Å². The van der Waals surface area contributed by atoms with Gasteiger partial charge in [-0.25, -0.2) is 8.78 Å². The maximum absolute atomic E-state index is 13.3. The first-order valence-corrected chi connectivity index (χ1v) is 5.37. The second-order valence-electron chi connectivity index (χ2n) is 3.79. The van der Waals surface area contributed by atoms with E-state index < -0.39 is 11.6 Å². The summed E-state index contributed by atoms with van der Waals surface area (Å²) in [5.41, 5.74) is 1.64. The van der Waals surface area contributed by atoms with Crippen LogP contribution in [0.25, 0.3) is 0 Å². The first-order valence-electron chi connectivity index (χ1n) is 5.37. The van der Waals surface area contributed by atoms with Gasteiger partial charge in [0.2, 0.25) is 0 Å². The number of hydrogen-bond acceptors (Lipinski definition) is 2. The molecule has 0 atom stereocenters. The first-order chi connectivity index (χ1) is 8.69. The average molecular weight is 244 g/mol. The van der Waals surface area contributed by atoms with E-state index in [1.54, 1.807) is 18.2 Å². The van der Waals surface area contributed by atoms with Gasteiger partial charge in [0, 0.05) is 12.6 Å². The number of benzene rings is 2. The fraction of sp³-hybridized carbons (Fsp3) is 0.0714. The molecule has 90 valence electrons. The summed E-state index contributed by atoms with van der Waals surface area (Å²) < 4.78 is 26.0. The highest BCUT2D eigenvalue weighted by Crippen LogP contribution is 2.16. The summed E-state index contributed by atoms with van der Waals surface area (Å²) in [6.07, 6.45) is 0. The molecular formula is C14H10F2N2. The maximum atomic E-state index is 13.3. The molecule has 2 nitrogen and oxygen atoms in total. The molecule has 2 aromatic rings. The minimum absolute atomic E-state index is 0.235. The fourth-order valence-electron chi connectivity index (χ4n) is 1.58. The number of rotatable bonds is 3. The molecule has 0 amide bonds. The van der Waals surface area contributed by atoms with Gasteiger partial charge in [-0.15, -0.1) is 0 Å². The predicted octanol–water partition coefficient (Wildman–Crippen LogP) is 3.45. The Morgan fingerprint density at radius 2 is 1.94 bits per heavy atom. The SMILES string of the molecule is N#Cc1cccc(CNc2ccc(F)cc2F)c1. The van der Waals surface area contributed by atoms with Crippen LogP contribution in [0.4, 0.5) is 14.5 Å². The molecule has 0 aliphatic rings. The second-order valence-corrected chi connectivity index (χ2v) is 3.79. The molecule has 0 heterocycles. The molecule has 0 saturated carbocycles. The van der Waals surface area contributed by atoms with Crippen molar-refractivity contribution >= 4 is 5.69 Å². The lowest BCUT2D eigenvalue weighted by atomic mass is 10.1. The molecule has 0 unspecified atom stereocenters. The largest absolute Gasteiger partial charge is 0.379 e. The van der Waals surface area contributed by atoms with Crippen LogP contribution in [0, 0.1) is 23.0 Å². The fourth-order valence-corrected chi connectivity index (χ4v) is 1.58. The van der Waals surface area contributed by atoms with Gasteiger partial charge < -0.3 is 5.32 Å². The summed E-state index contributed by atoms with van der Waals surface area (Å²) in [6, 6.07) is 12.4. The lowest BCUT2D eigenvalue weighted by Gasteiger charge is -2.07. The highest BCUT2D eigenvalue weighted by molar-refractivity contribution is 5.45. The number of nitriles is 1. The smallest absolute Gasteiger partial charge is 0.149 e. The maximum Gasteiger partial charge on any atom is 0.149 e. The van der Waals surface area contributed by atoms with Crippen molar-refractivity contribution < 1.29 is 8.78 Å². The van der Waals surface area contributed by atoms with Crippen molar-refractivity contribution in [3.05, 3.63) is 65.2 Å². The third kappa shape index (κ3) is 2.83. The predicted molar refractivity (Wildman–Crippen MR) is 64.8 cm³/mol. The van der Waals surface area contributed by atoms with E-state index in [4.69, 9.17) is 5.26 Å². The number of hydrogen-bond donors (Lipinski definition) is 1. The summed E-state index contributed by atoms with van der Waals surface area (Å²) in [6.45, 7) is 0.373. The zero-order valence-electron chi connectivity index (χ0n) is 9.45. The van der Waals surface area contributed by atoms with E-state index in [1.165, 1.54) is 12.1 Å². The van der Waals surface area contributed by atoms with Crippen molar-refractivity contribution in [2.45, 2.75) is 6.54 Å². The van der Waals surface area contributed by atoms with Crippen LogP contribution >= 0.6 is 0 Å². The molecule has 0 bridgehead atoms. The van der Waals surface area contributed by atoms with E-state index in [1.807, 2.05) is 12.1 Å². The lowest BCUT2D eigenvalue weighted by molar-refractivity contribution is 0.585. The summed E-state index contributed by atoms with van der Waals surface area (Å²) in [5.74, 6) is -1.24. The molecule has 0 saturated heterocycles. The normalized spacial score (nSPS) is 9.83. The zero-order chi connectivity index (χ0) is 13.0. The van der Waals surface area contributed by atoms with E-state index in [9.17, 15) is 8.78 Å². The minimum atomic E-state index is -0.633. The van der Waals surface area contributed by atoms with Crippen LogP contribution < -0.4 is 5.32 Å². The molecule has 0 aliphatic heterocycles. The number of anilines is 1.